The Labute approximate surface area is 409 Å². The second kappa shape index (κ2) is 20.6. The fraction of sp³-hybridized carbons (Fsp3) is 0.979. The molecule has 1 spiro atoms. The van der Waals surface area contributed by atoms with Gasteiger partial charge in [0.15, 0.2) is 23.7 Å². The van der Waals surface area contributed by atoms with Gasteiger partial charge < -0.3 is 72.2 Å². The normalized spacial score (nSPS) is 53.2. The van der Waals surface area contributed by atoms with Crippen LogP contribution in [0.4, 0.5) is 0 Å². The standard InChI is InChI=1S/C48H82O16.Na/c1-24-21-25(2)46(10,51)63-40(24)35-16-15-33(58-35)34-17-19-37(59-34)45(9)42(56-14)28(5)48(64-45)26(3)36(54-12)22-31(60-48)23-38-44(8,62-39-20-18-32(53-11)30(7)57-39)41(55-13)27(4)47(52,61-38)29(6)43(49)50;/h24-42,51-52H,15-23H2,1-14H3,(H,49,50);. The Morgan fingerprint density at radius 1 is 0.708 bits per heavy atom. The quantitative estimate of drug-likeness (QED) is 0.204. The summed E-state index contributed by atoms with van der Waals surface area (Å²) in [6, 6.07) is 0. The zero-order valence-corrected chi connectivity index (χ0v) is 44.0. The molecule has 0 aromatic heterocycles. The van der Waals surface area contributed by atoms with Gasteiger partial charge in [0.05, 0.1) is 73.2 Å². The zero-order valence-electron chi connectivity index (χ0n) is 42.0. The second-order valence-electron chi connectivity index (χ2n) is 21.3. The third-order valence-electron chi connectivity index (χ3n) is 17.4. The maximum atomic E-state index is 12.5. The van der Waals surface area contributed by atoms with E-state index < -0.39 is 77.1 Å². The van der Waals surface area contributed by atoms with Gasteiger partial charge >= 0.3 is 5.97 Å². The number of aliphatic carboxylic acids is 1. The predicted octanol–water partition coefficient (Wildman–Crippen LogP) is 5.21. The Hall–Kier alpha value is -0.0900. The number of carboxylic acid groups (broad SMARTS) is 1. The molecule has 24 atom stereocenters. The minimum Gasteiger partial charge on any atom is -0.481 e. The fourth-order valence-electron chi connectivity index (χ4n) is 13.3. The minimum atomic E-state index is -2.11. The largest absolute Gasteiger partial charge is 0.481 e. The van der Waals surface area contributed by atoms with Crippen molar-refractivity contribution in [1.29, 1.82) is 0 Å². The molecule has 65 heavy (non-hydrogen) atoms. The third kappa shape index (κ3) is 9.70. The Morgan fingerprint density at radius 3 is 1.95 bits per heavy atom. The molecule has 7 aliphatic heterocycles. The van der Waals surface area contributed by atoms with Crippen molar-refractivity contribution in [2.75, 3.05) is 28.4 Å². The van der Waals surface area contributed by atoms with Gasteiger partial charge in [0.1, 0.15) is 17.1 Å². The van der Waals surface area contributed by atoms with Gasteiger partial charge in [-0.25, -0.2) is 0 Å². The van der Waals surface area contributed by atoms with Gasteiger partial charge in [0.25, 0.3) is 0 Å². The number of aliphatic hydroxyl groups is 2. The van der Waals surface area contributed by atoms with Crippen LogP contribution in [0.2, 0.25) is 0 Å². The number of carbonyl (C=O) groups is 1. The van der Waals surface area contributed by atoms with E-state index in [0.717, 1.165) is 32.1 Å². The molecule has 0 saturated carbocycles. The molecule has 3 N–H and O–H groups in total. The van der Waals surface area contributed by atoms with Gasteiger partial charge in [-0.3, -0.25) is 4.79 Å². The van der Waals surface area contributed by atoms with Crippen molar-refractivity contribution < 1.29 is 77.0 Å². The molecule has 371 valence electrons. The van der Waals surface area contributed by atoms with Crippen LogP contribution >= 0.6 is 0 Å². The molecular formula is C48H82NaO16. The van der Waals surface area contributed by atoms with E-state index in [9.17, 15) is 20.1 Å². The summed E-state index contributed by atoms with van der Waals surface area (Å²) in [4.78, 5) is 12.5. The second-order valence-corrected chi connectivity index (χ2v) is 21.3. The summed E-state index contributed by atoms with van der Waals surface area (Å²) < 4.78 is 79.0. The molecule has 0 amide bonds. The van der Waals surface area contributed by atoms with Crippen molar-refractivity contribution in [3.05, 3.63) is 0 Å². The molecule has 0 bridgehead atoms. The van der Waals surface area contributed by atoms with Crippen molar-refractivity contribution in [3.63, 3.8) is 0 Å². The van der Waals surface area contributed by atoms with E-state index in [0.29, 0.717) is 19.3 Å². The van der Waals surface area contributed by atoms with Crippen LogP contribution in [0.3, 0.4) is 0 Å². The van der Waals surface area contributed by atoms with Gasteiger partial charge in [0, 0.05) is 101 Å². The van der Waals surface area contributed by atoms with Gasteiger partial charge in [-0.15, -0.1) is 0 Å². The zero-order chi connectivity index (χ0) is 46.9. The van der Waals surface area contributed by atoms with E-state index in [2.05, 4.69) is 27.7 Å². The molecular weight excluding hydrogens is 856 g/mol. The van der Waals surface area contributed by atoms with Crippen LogP contribution in [0.1, 0.15) is 127 Å². The summed E-state index contributed by atoms with van der Waals surface area (Å²) in [5.41, 5.74) is -2.16. The van der Waals surface area contributed by atoms with E-state index >= 15 is 0 Å². The van der Waals surface area contributed by atoms with Crippen LogP contribution < -0.4 is 0 Å². The monoisotopic (exact) mass is 938 g/mol. The molecule has 24 unspecified atom stereocenters. The summed E-state index contributed by atoms with van der Waals surface area (Å²) in [7, 11) is 6.61. The first-order valence-corrected chi connectivity index (χ1v) is 24.2. The number of methoxy groups -OCH3 is 4. The molecule has 7 heterocycles. The predicted molar refractivity (Wildman–Crippen MR) is 237 cm³/mol. The average Bonchev–Trinajstić information content (AvgIpc) is 3.98. The maximum Gasteiger partial charge on any atom is 0.311 e. The summed E-state index contributed by atoms with van der Waals surface area (Å²) >= 11 is 0. The van der Waals surface area contributed by atoms with Crippen molar-refractivity contribution >= 4 is 35.5 Å². The van der Waals surface area contributed by atoms with Crippen molar-refractivity contribution in [3.8, 4) is 0 Å². The molecule has 1 radical (unpaired) electrons. The molecule has 0 aromatic carbocycles. The molecule has 0 aliphatic carbocycles. The van der Waals surface area contributed by atoms with E-state index in [4.69, 9.17) is 56.8 Å². The Bertz CT molecular complexity index is 1610. The van der Waals surface area contributed by atoms with Crippen molar-refractivity contribution in [1.82, 2.24) is 0 Å². The summed E-state index contributed by atoms with van der Waals surface area (Å²) in [5.74, 6) is -8.05. The topological polar surface area (TPSA) is 189 Å². The number of hydrogen-bond acceptors (Lipinski definition) is 15. The fourth-order valence-corrected chi connectivity index (χ4v) is 13.3. The molecule has 7 saturated heterocycles. The van der Waals surface area contributed by atoms with E-state index in [1.54, 1.807) is 42.3 Å². The van der Waals surface area contributed by atoms with E-state index in [1.807, 2.05) is 20.8 Å². The Kier molecular flexibility index (Phi) is 17.2. The van der Waals surface area contributed by atoms with E-state index in [-0.39, 0.29) is 108 Å². The average molecular weight is 938 g/mol. The van der Waals surface area contributed by atoms with Gasteiger partial charge in [0.2, 0.25) is 0 Å². The van der Waals surface area contributed by atoms with Gasteiger partial charge in [-0.1, -0.05) is 34.6 Å². The van der Waals surface area contributed by atoms with Crippen LogP contribution in [0.5, 0.6) is 0 Å². The first kappa shape index (κ1) is 54.2. The Morgan fingerprint density at radius 2 is 1.34 bits per heavy atom. The molecule has 17 heteroatoms. The molecule has 7 aliphatic rings. The van der Waals surface area contributed by atoms with Crippen molar-refractivity contribution in [2.45, 2.75) is 235 Å². The van der Waals surface area contributed by atoms with Crippen LogP contribution in [-0.2, 0) is 61.6 Å². The number of carboxylic acids is 1. The van der Waals surface area contributed by atoms with Crippen LogP contribution in [0, 0.1) is 35.5 Å². The van der Waals surface area contributed by atoms with Gasteiger partial charge in [-0.2, -0.15) is 0 Å². The molecule has 0 aromatic rings. The Balaban J connectivity index is 0.00000700. The summed E-state index contributed by atoms with van der Waals surface area (Å²) in [6.07, 6.45) is 1.06. The van der Waals surface area contributed by atoms with Gasteiger partial charge in [-0.05, 0) is 79.1 Å². The number of rotatable bonds is 13. The van der Waals surface area contributed by atoms with Crippen LogP contribution in [0.25, 0.3) is 0 Å². The number of ether oxygens (including phenoxy) is 12. The number of hydrogen-bond donors (Lipinski definition) is 3. The maximum absolute atomic E-state index is 12.5. The third-order valence-corrected chi connectivity index (χ3v) is 17.4. The molecule has 16 nitrogen and oxygen atoms in total. The minimum absolute atomic E-state index is 0. The molecule has 7 fully saturated rings. The van der Waals surface area contributed by atoms with Crippen LogP contribution in [0.15, 0.2) is 0 Å². The first-order chi connectivity index (χ1) is 30.0. The first-order valence-electron chi connectivity index (χ1n) is 24.2. The smallest absolute Gasteiger partial charge is 0.311 e. The van der Waals surface area contributed by atoms with E-state index in [1.165, 1.54) is 6.92 Å². The van der Waals surface area contributed by atoms with Crippen molar-refractivity contribution in [2.24, 2.45) is 35.5 Å². The summed E-state index contributed by atoms with van der Waals surface area (Å²) in [6.45, 7) is 19.2. The van der Waals surface area contributed by atoms with Crippen LogP contribution in [-0.4, -0.2) is 187 Å². The molecule has 7 rings (SSSR count). The SMILES string of the molecule is COC1CCC(OC2(C)C(CC3CC(OC)C(C)C4(O3)OC(C)(C3CCC(C5CCC(C6OC(C)(O)C(C)CC6C)O5)O3)C(OC)C4C)OC(O)(C(C)C(=O)O)C(C)C2OC)OC1C.[Na]. The summed E-state index contributed by atoms with van der Waals surface area (Å²) in [5, 5.41) is 33.5.